The van der Waals surface area contributed by atoms with Crippen LogP contribution in [0.2, 0.25) is 0 Å². The lowest BCUT2D eigenvalue weighted by molar-refractivity contribution is 0.0902. The van der Waals surface area contributed by atoms with Gasteiger partial charge < -0.3 is 23.7 Å². The van der Waals surface area contributed by atoms with Crippen LogP contribution in [0.15, 0.2) is 41.0 Å². The van der Waals surface area contributed by atoms with Crippen molar-refractivity contribution in [1.82, 2.24) is 15.3 Å². The molecule has 0 aromatic heterocycles. The van der Waals surface area contributed by atoms with Crippen LogP contribution in [0.3, 0.4) is 0 Å². The van der Waals surface area contributed by atoms with Gasteiger partial charge >= 0.3 is 6.09 Å². The first kappa shape index (κ1) is 20.2. The minimum absolute atomic E-state index is 0.257. The molecule has 2 aliphatic rings. The van der Waals surface area contributed by atoms with Gasteiger partial charge in [-0.05, 0) is 17.7 Å². The van der Waals surface area contributed by atoms with Crippen LogP contribution in [-0.4, -0.2) is 64.0 Å². The van der Waals surface area contributed by atoms with Crippen molar-refractivity contribution in [3.8, 4) is 17.2 Å². The summed E-state index contributed by atoms with van der Waals surface area (Å²) in [4.78, 5) is 15.9. The van der Waals surface area contributed by atoms with E-state index in [4.69, 9.17) is 18.9 Å². The van der Waals surface area contributed by atoms with Gasteiger partial charge in [-0.15, -0.1) is 0 Å². The number of fused-ring (bicyclic) bond motifs is 1. The quantitative estimate of drug-likeness (QED) is 0.768. The predicted octanol–water partition coefficient (Wildman–Crippen LogP) is 1.84. The number of hydrogen-bond acceptors (Lipinski definition) is 9. The summed E-state index contributed by atoms with van der Waals surface area (Å²) in [5.74, 6) is 3.24. The molecule has 0 saturated heterocycles. The molecule has 29 heavy (non-hydrogen) atoms. The van der Waals surface area contributed by atoms with Crippen molar-refractivity contribution in [3.63, 3.8) is 0 Å². The average molecular weight is 404 g/mol. The number of ether oxygens (including phenoxy) is 5. The Hall–Kier alpha value is -3.56. The Kier molecular flexibility index (Phi) is 6.01. The maximum Gasteiger partial charge on any atom is 0.412 e. The summed E-state index contributed by atoms with van der Waals surface area (Å²) in [5.41, 5.74) is 0.835. The molecule has 0 unspecified atom stereocenters. The molecule has 1 N–H and O–H groups in total. The third-order valence-corrected chi connectivity index (χ3v) is 4.38. The van der Waals surface area contributed by atoms with E-state index >= 15 is 0 Å². The molecule has 0 aliphatic carbocycles. The lowest BCUT2D eigenvalue weighted by atomic mass is 10.2. The highest BCUT2D eigenvalue weighted by Gasteiger charge is 2.29. The Morgan fingerprint density at radius 2 is 1.83 bits per heavy atom. The zero-order chi connectivity index (χ0) is 21.0. The van der Waals surface area contributed by atoms with Crippen molar-refractivity contribution < 1.29 is 28.5 Å². The predicted molar refractivity (Wildman–Crippen MR) is 104 cm³/mol. The summed E-state index contributed by atoms with van der Waals surface area (Å²) < 4.78 is 26.7. The van der Waals surface area contributed by atoms with Gasteiger partial charge in [-0.25, -0.2) is 9.79 Å². The van der Waals surface area contributed by atoms with E-state index in [1.807, 2.05) is 41.5 Å². The number of benzene rings is 1. The van der Waals surface area contributed by atoms with Crippen LogP contribution in [0.25, 0.3) is 0 Å². The zero-order valence-electron chi connectivity index (χ0n) is 17.0. The van der Waals surface area contributed by atoms with Crippen LogP contribution in [0.1, 0.15) is 5.56 Å². The van der Waals surface area contributed by atoms with E-state index < -0.39 is 6.09 Å². The number of nitrogens with zero attached hydrogens (tertiary/aromatic N) is 3. The molecule has 1 aromatic carbocycles. The lowest BCUT2D eigenvalue weighted by Crippen LogP contribution is -2.40. The molecule has 0 radical (unpaired) electrons. The van der Waals surface area contributed by atoms with Crippen LogP contribution in [0, 0.1) is 0 Å². The van der Waals surface area contributed by atoms with E-state index in [9.17, 15) is 4.79 Å². The molecule has 0 saturated carbocycles. The van der Waals surface area contributed by atoms with E-state index in [0.717, 1.165) is 5.56 Å². The maximum atomic E-state index is 11.5. The van der Waals surface area contributed by atoms with Gasteiger partial charge in [0.2, 0.25) is 5.75 Å². The first-order valence-electron chi connectivity index (χ1n) is 8.77. The van der Waals surface area contributed by atoms with Crippen molar-refractivity contribution >= 4 is 11.9 Å². The minimum atomic E-state index is -0.570. The molecule has 0 fully saturated rings. The fraction of sp³-hybridized carbons (Fsp3) is 0.368. The van der Waals surface area contributed by atoms with Gasteiger partial charge in [0.25, 0.3) is 0 Å². The second-order valence-corrected chi connectivity index (χ2v) is 6.13. The number of hydrogen-bond donors (Lipinski definition) is 1. The second-order valence-electron chi connectivity index (χ2n) is 6.13. The van der Waals surface area contributed by atoms with Crippen molar-refractivity contribution in [2.75, 3.05) is 42.0 Å². The normalized spacial score (nSPS) is 15.0. The summed E-state index contributed by atoms with van der Waals surface area (Å²) in [7, 11) is 7.86. The first-order chi connectivity index (χ1) is 14.0. The summed E-state index contributed by atoms with van der Waals surface area (Å²) >= 11 is 0. The van der Waals surface area contributed by atoms with Crippen molar-refractivity contribution in [2.45, 2.75) is 6.61 Å². The number of carbonyl (C=O) groups is 1. The molecule has 0 bridgehead atoms. The standard InChI is InChI=1S/C19H24N4O6/c1-22-7-6-13(18-20-16(10-23(18)22)21-19(24)28-5)29-11-12-8-14(25-2)17(27-4)15(9-12)26-3/h6-9H,10-11H2,1-5H3,(H,20,21,24). The second kappa shape index (κ2) is 8.63. The number of methoxy groups -OCH3 is 4. The van der Waals surface area contributed by atoms with Crippen LogP contribution < -0.4 is 19.5 Å². The maximum absolute atomic E-state index is 11.5. The van der Waals surface area contributed by atoms with E-state index in [1.165, 1.54) is 7.11 Å². The Balaban J connectivity index is 1.82. The minimum Gasteiger partial charge on any atom is -0.493 e. The van der Waals surface area contributed by atoms with Crippen molar-refractivity contribution in [3.05, 3.63) is 41.6 Å². The van der Waals surface area contributed by atoms with Gasteiger partial charge in [0, 0.05) is 19.3 Å². The van der Waals surface area contributed by atoms with E-state index in [1.54, 1.807) is 21.3 Å². The number of nitrogens with one attached hydrogen (secondary N) is 1. The highest BCUT2D eigenvalue weighted by atomic mass is 16.5. The number of rotatable bonds is 6. The van der Waals surface area contributed by atoms with E-state index in [-0.39, 0.29) is 6.61 Å². The van der Waals surface area contributed by atoms with Crippen LogP contribution in [0.4, 0.5) is 4.79 Å². The molecule has 2 heterocycles. The number of amidine groups is 1. The van der Waals surface area contributed by atoms with Crippen LogP contribution >= 0.6 is 0 Å². The average Bonchev–Trinajstić information content (AvgIpc) is 3.16. The number of aliphatic imine (C=N–C) groups is 1. The number of alkyl carbamates (subject to hydrolysis) is 1. The Morgan fingerprint density at radius 1 is 1.14 bits per heavy atom. The van der Waals surface area contributed by atoms with Gasteiger partial charge in [-0.3, -0.25) is 15.3 Å². The topological polar surface area (TPSA) is 94.1 Å². The Labute approximate surface area is 168 Å². The highest BCUT2D eigenvalue weighted by molar-refractivity contribution is 5.98. The molecule has 2 aliphatic heterocycles. The highest BCUT2D eigenvalue weighted by Crippen LogP contribution is 2.38. The number of hydrazine groups is 1. The third-order valence-electron chi connectivity index (χ3n) is 4.38. The van der Waals surface area contributed by atoms with Gasteiger partial charge in [0.05, 0.1) is 35.0 Å². The molecule has 0 atom stereocenters. The molecule has 10 nitrogen and oxygen atoms in total. The molecule has 1 aromatic rings. The molecular weight excluding hydrogens is 380 g/mol. The lowest BCUT2D eigenvalue weighted by Gasteiger charge is -2.32. The number of amides is 1. The smallest absolute Gasteiger partial charge is 0.412 e. The van der Waals surface area contributed by atoms with Gasteiger partial charge in [-0.1, -0.05) is 0 Å². The third kappa shape index (κ3) is 4.15. The molecule has 3 rings (SSSR count). The van der Waals surface area contributed by atoms with Gasteiger partial charge in [-0.2, -0.15) is 0 Å². The number of carbonyl (C=O) groups excluding carboxylic acids is 1. The summed E-state index contributed by atoms with van der Waals surface area (Å²) in [6, 6.07) is 3.65. The van der Waals surface area contributed by atoms with E-state index in [2.05, 4.69) is 15.0 Å². The van der Waals surface area contributed by atoms with Crippen molar-refractivity contribution in [1.29, 1.82) is 0 Å². The Bertz CT molecular complexity index is 854. The largest absolute Gasteiger partial charge is 0.493 e. The number of allylic oxidation sites excluding steroid dienone is 1. The monoisotopic (exact) mass is 404 g/mol. The van der Waals surface area contributed by atoms with Gasteiger partial charge in [0.1, 0.15) is 12.4 Å². The molecular formula is C19H24N4O6. The Morgan fingerprint density at radius 3 is 2.41 bits per heavy atom. The molecule has 156 valence electrons. The van der Waals surface area contributed by atoms with Gasteiger partial charge in [0.15, 0.2) is 23.1 Å². The van der Waals surface area contributed by atoms with Crippen molar-refractivity contribution in [2.24, 2.45) is 4.99 Å². The summed E-state index contributed by atoms with van der Waals surface area (Å²) in [6.07, 6.45) is 3.10. The zero-order valence-corrected chi connectivity index (χ0v) is 17.0. The fourth-order valence-corrected chi connectivity index (χ4v) is 2.94. The van der Waals surface area contributed by atoms with E-state index in [0.29, 0.717) is 41.2 Å². The van der Waals surface area contributed by atoms with Crippen LogP contribution in [0.5, 0.6) is 17.2 Å². The van der Waals surface area contributed by atoms with Crippen LogP contribution in [-0.2, 0) is 16.1 Å². The first-order valence-corrected chi connectivity index (χ1v) is 8.77. The summed E-state index contributed by atoms with van der Waals surface area (Å²) in [5, 5.41) is 6.33. The fourth-order valence-electron chi connectivity index (χ4n) is 2.94. The molecule has 10 heteroatoms. The SMILES string of the molecule is COC(=O)NC1=NC2=C(OCc3cc(OC)c(OC)c(OC)c3)C=CN(C)N2C1. The molecule has 0 spiro atoms. The molecule has 1 amide bonds. The summed E-state index contributed by atoms with van der Waals surface area (Å²) in [6.45, 7) is 0.648.